The van der Waals surface area contributed by atoms with Crippen LogP contribution < -0.4 is 4.74 Å². The molecule has 0 amide bonds. The number of esters is 1. The van der Waals surface area contributed by atoms with Gasteiger partial charge in [0.1, 0.15) is 23.2 Å². The summed E-state index contributed by atoms with van der Waals surface area (Å²) in [5.41, 5.74) is 3.82. The van der Waals surface area contributed by atoms with E-state index >= 15 is 8.78 Å². The lowest BCUT2D eigenvalue weighted by Gasteiger charge is -2.30. The minimum atomic E-state index is -0.562. The van der Waals surface area contributed by atoms with E-state index in [4.69, 9.17) is 13.9 Å². The van der Waals surface area contributed by atoms with Gasteiger partial charge in [-0.3, -0.25) is 4.79 Å². The highest BCUT2D eigenvalue weighted by Crippen LogP contribution is 2.40. The highest BCUT2D eigenvalue weighted by Gasteiger charge is 2.31. The molecule has 1 aliphatic rings. The number of oxazole rings is 1. The SMILES string of the molecule is COC(=O)CCc1cccc(C2(C)CCCCCc3cnc(o3)Cc3c(c(F)cc4[nH]ccc34)Oc3ccc(F)c(c3)-c3ncc2[nH]3)c1. The number of fused-ring (bicyclic) bond motifs is 10. The number of carbonyl (C=O) groups is 1. The first-order chi connectivity index (χ1) is 23.3. The van der Waals surface area contributed by atoms with E-state index in [-0.39, 0.29) is 35.9 Å². The van der Waals surface area contributed by atoms with Gasteiger partial charge >= 0.3 is 5.97 Å². The summed E-state index contributed by atoms with van der Waals surface area (Å²) in [6.45, 7) is 2.16. The Kier molecular flexibility index (Phi) is 8.56. The summed E-state index contributed by atoms with van der Waals surface area (Å²) in [4.78, 5) is 27.5. The fraction of sp³-hybridized carbons (Fsp3) is 0.289. The molecule has 0 radical (unpaired) electrons. The van der Waals surface area contributed by atoms with Gasteiger partial charge < -0.3 is 23.9 Å². The minimum Gasteiger partial charge on any atom is -0.469 e. The molecule has 0 fully saturated rings. The first kappa shape index (κ1) is 31.4. The minimum absolute atomic E-state index is 0.0251. The van der Waals surface area contributed by atoms with Crippen LogP contribution in [0.4, 0.5) is 8.78 Å². The maximum absolute atomic E-state index is 15.6. The van der Waals surface area contributed by atoms with Gasteiger partial charge in [-0.2, -0.15) is 0 Å². The summed E-state index contributed by atoms with van der Waals surface area (Å²) in [6.07, 6.45) is 10.6. The number of nitrogens with one attached hydrogen (secondary N) is 2. The Bertz CT molecular complexity index is 2100. The fourth-order valence-corrected chi connectivity index (χ4v) is 6.62. The molecular formula is C38H36F2N4O4. The lowest BCUT2D eigenvalue weighted by Crippen LogP contribution is -2.24. The second-order valence-electron chi connectivity index (χ2n) is 12.6. The predicted octanol–water partition coefficient (Wildman–Crippen LogP) is 8.74. The molecule has 1 unspecified atom stereocenters. The summed E-state index contributed by atoms with van der Waals surface area (Å²) in [5, 5.41) is 0.781. The van der Waals surface area contributed by atoms with Crippen LogP contribution in [-0.2, 0) is 34.2 Å². The zero-order valence-electron chi connectivity index (χ0n) is 26.9. The van der Waals surface area contributed by atoms with Crippen molar-refractivity contribution in [1.29, 1.82) is 0 Å². The van der Waals surface area contributed by atoms with E-state index in [1.165, 1.54) is 31.4 Å². The molecule has 1 atom stereocenters. The van der Waals surface area contributed by atoms with Crippen molar-refractivity contribution in [3.05, 3.63) is 119 Å². The van der Waals surface area contributed by atoms with E-state index in [9.17, 15) is 4.79 Å². The van der Waals surface area contributed by atoms with Crippen LogP contribution in [0.25, 0.3) is 22.3 Å². The number of methoxy groups -OCH3 is 1. The smallest absolute Gasteiger partial charge is 0.305 e. The number of aromatic amines is 2. The number of H-pyrrole nitrogens is 2. The van der Waals surface area contributed by atoms with E-state index in [2.05, 4.69) is 39.0 Å². The molecule has 0 spiro atoms. The number of carbonyl (C=O) groups excluding carboxylic acids is 1. The van der Waals surface area contributed by atoms with E-state index in [0.717, 1.165) is 60.1 Å². The van der Waals surface area contributed by atoms with Crippen molar-refractivity contribution in [3.8, 4) is 22.9 Å². The van der Waals surface area contributed by atoms with Crippen LogP contribution in [0.1, 0.15) is 73.1 Å². The Balaban J connectivity index is 1.30. The fourth-order valence-electron chi connectivity index (χ4n) is 6.62. The third-order valence-corrected chi connectivity index (χ3v) is 9.39. The molecule has 8 nitrogen and oxygen atoms in total. The van der Waals surface area contributed by atoms with Crippen molar-refractivity contribution in [3.63, 3.8) is 0 Å². The quantitative estimate of drug-likeness (QED) is 0.185. The van der Waals surface area contributed by atoms with Crippen LogP contribution in [0.5, 0.6) is 11.5 Å². The standard InChI is InChI=1S/C38H36F2N4O4/c1-38(24-8-6-7-23(17-24)10-13-35(45)46-2)15-5-3-4-9-26-21-42-34(47-26)19-28-27-14-16-41-32(27)20-31(40)36(28)48-25-11-12-30(39)29(18-25)37-43-22-33(38)44-37/h6-8,11-12,14,16-18,20-22,41H,3-5,9-10,13,15,19H2,1-2H3,(H,43,44). The molecule has 0 saturated carbocycles. The Morgan fingerprint density at radius 1 is 1.02 bits per heavy atom. The van der Waals surface area contributed by atoms with Gasteiger partial charge in [0.25, 0.3) is 0 Å². The molecule has 1 aliphatic heterocycles. The Hall–Kier alpha value is -5.25. The number of imidazole rings is 1. The number of aryl methyl sites for hydroxylation is 2. The number of halogens is 2. The van der Waals surface area contributed by atoms with Crippen LogP contribution in [0, 0.1) is 11.6 Å². The van der Waals surface area contributed by atoms with E-state index < -0.39 is 17.0 Å². The number of ether oxygens (including phenoxy) is 2. The lowest BCUT2D eigenvalue weighted by molar-refractivity contribution is -0.140. The maximum Gasteiger partial charge on any atom is 0.305 e. The molecule has 0 saturated heterocycles. The molecule has 48 heavy (non-hydrogen) atoms. The van der Waals surface area contributed by atoms with E-state index in [1.54, 1.807) is 18.6 Å². The van der Waals surface area contributed by atoms with Crippen LogP contribution >= 0.6 is 0 Å². The first-order valence-electron chi connectivity index (χ1n) is 16.2. The van der Waals surface area contributed by atoms with Crippen LogP contribution in [0.3, 0.4) is 0 Å². The molecule has 7 rings (SSSR count). The summed E-state index contributed by atoms with van der Waals surface area (Å²) < 4.78 is 48.2. The van der Waals surface area contributed by atoms with Crippen molar-refractivity contribution in [2.24, 2.45) is 0 Å². The number of aromatic nitrogens is 4. The zero-order chi connectivity index (χ0) is 33.3. The number of benzene rings is 3. The zero-order valence-corrected chi connectivity index (χ0v) is 26.9. The molecule has 6 aromatic rings. The van der Waals surface area contributed by atoms with Gasteiger partial charge in [-0.1, -0.05) is 37.1 Å². The molecule has 0 aliphatic carbocycles. The molecule has 6 bridgehead atoms. The number of hydrogen-bond acceptors (Lipinski definition) is 6. The van der Waals surface area contributed by atoms with Gasteiger partial charge in [0, 0.05) is 58.9 Å². The molecule has 2 N–H and O–H groups in total. The average molecular weight is 651 g/mol. The summed E-state index contributed by atoms with van der Waals surface area (Å²) >= 11 is 0. The average Bonchev–Trinajstić information content (AvgIpc) is 3.87. The van der Waals surface area contributed by atoms with Crippen molar-refractivity contribution < 1.29 is 27.5 Å². The van der Waals surface area contributed by atoms with Crippen molar-refractivity contribution >= 4 is 16.9 Å². The largest absolute Gasteiger partial charge is 0.469 e. The first-order valence-corrected chi connectivity index (χ1v) is 16.2. The Morgan fingerprint density at radius 3 is 2.79 bits per heavy atom. The summed E-state index contributed by atoms with van der Waals surface area (Å²) in [6, 6.07) is 15.8. The van der Waals surface area contributed by atoms with Gasteiger partial charge in [0.05, 0.1) is 25.3 Å². The van der Waals surface area contributed by atoms with Crippen LogP contribution in [0.2, 0.25) is 0 Å². The molecule has 10 heteroatoms. The molecular weight excluding hydrogens is 614 g/mol. The van der Waals surface area contributed by atoms with E-state index in [1.807, 2.05) is 18.2 Å². The molecule has 4 heterocycles. The van der Waals surface area contributed by atoms with Crippen LogP contribution in [-0.4, -0.2) is 33.0 Å². The van der Waals surface area contributed by atoms with Crippen molar-refractivity contribution in [2.45, 2.75) is 63.7 Å². The number of rotatable bonds is 4. The summed E-state index contributed by atoms with van der Waals surface area (Å²) in [5.74, 6) is 0.546. The van der Waals surface area contributed by atoms with Crippen LogP contribution in [0.15, 0.2) is 77.6 Å². The molecule has 3 aromatic heterocycles. The van der Waals surface area contributed by atoms with Crippen molar-refractivity contribution in [1.82, 2.24) is 19.9 Å². The number of hydrogen-bond donors (Lipinski definition) is 2. The van der Waals surface area contributed by atoms with Gasteiger partial charge in [-0.25, -0.2) is 18.7 Å². The second kappa shape index (κ2) is 13.1. The van der Waals surface area contributed by atoms with Gasteiger partial charge in [-0.05, 0) is 61.6 Å². The monoisotopic (exact) mass is 650 g/mol. The normalized spacial score (nSPS) is 16.8. The van der Waals surface area contributed by atoms with Gasteiger partial charge in [0.2, 0.25) is 0 Å². The Labute approximate surface area is 276 Å². The lowest BCUT2D eigenvalue weighted by atomic mass is 9.75. The third-order valence-electron chi connectivity index (χ3n) is 9.39. The second-order valence-corrected chi connectivity index (χ2v) is 12.6. The van der Waals surface area contributed by atoms with E-state index in [0.29, 0.717) is 29.2 Å². The predicted molar refractivity (Wildman–Crippen MR) is 177 cm³/mol. The third kappa shape index (κ3) is 6.22. The van der Waals surface area contributed by atoms with Crippen molar-refractivity contribution in [2.75, 3.05) is 7.11 Å². The highest BCUT2D eigenvalue weighted by atomic mass is 19.1. The summed E-state index contributed by atoms with van der Waals surface area (Å²) in [7, 11) is 1.39. The van der Waals surface area contributed by atoms with Gasteiger partial charge in [0.15, 0.2) is 17.5 Å². The topological polar surface area (TPSA) is 106 Å². The van der Waals surface area contributed by atoms with Gasteiger partial charge in [-0.15, -0.1) is 0 Å². The molecule has 3 aromatic carbocycles. The molecule has 246 valence electrons. The Morgan fingerprint density at radius 2 is 1.92 bits per heavy atom. The highest BCUT2D eigenvalue weighted by molar-refractivity contribution is 5.86. The number of nitrogens with zero attached hydrogens (tertiary/aromatic N) is 2. The maximum atomic E-state index is 15.6.